The van der Waals surface area contributed by atoms with Crippen LogP contribution in [0.4, 0.5) is 0 Å². The average Bonchev–Trinajstić information content (AvgIpc) is 3.46. The molecule has 1 fully saturated rings. The normalized spacial score (nSPS) is 14.2. The molecule has 2 aromatic carbocycles. The molecule has 0 spiro atoms. The number of nitrogens with one attached hydrogen (secondary N) is 1. The molecule has 30 heavy (non-hydrogen) atoms. The summed E-state index contributed by atoms with van der Waals surface area (Å²) in [6.45, 7) is 4.13. The number of ether oxygens (including phenoxy) is 1. The number of carbonyl (C=O) groups is 2. The number of hydrogen-bond donors (Lipinski definition) is 1. The molecule has 0 unspecified atom stereocenters. The number of nitrogens with zero attached hydrogens (tertiary/aromatic N) is 2. The topological polar surface area (TPSA) is 73.2 Å². The van der Waals surface area contributed by atoms with Gasteiger partial charge in [0.05, 0.1) is 6.54 Å². The molecule has 3 aromatic rings. The molecule has 1 heterocycles. The van der Waals surface area contributed by atoms with Crippen LogP contribution < -0.4 is 5.32 Å². The SMILES string of the molecule is Cc1ccc(-c2nn(Cc3ccccc3)cc2C(=O)O[C@H](C)C(=O)NC2CC2)cc1. The number of aryl methyl sites for hydroxylation is 1. The molecule has 1 atom stereocenters. The van der Waals surface area contributed by atoms with Crippen molar-refractivity contribution in [2.75, 3.05) is 0 Å². The summed E-state index contributed by atoms with van der Waals surface area (Å²) in [5.41, 5.74) is 3.92. The highest BCUT2D eigenvalue weighted by Crippen LogP contribution is 2.24. The molecule has 0 radical (unpaired) electrons. The summed E-state index contributed by atoms with van der Waals surface area (Å²) in [5, 5.41) is 7.52. The fourth-order valence-corrected chi connectivity index (χ4v) is 3.17. The van der Waals surface area contributed by atoms with Gasteiger partial charge in [0.15, 0.2) is 6.10 Å². The van der Waals surface area contributed by atoms with E-state index in [0.717, 1.165) is 29.5 Å². The second-order valence-corrected chi connectivity index (χ2v) is 7.77. The van der Waals surface area contributed by atoms with Crippen molar-refractivity contribution < 1.29 is 14.3 Å². The highest BCUT2D eigenvalue weighted by Gasteiger charge is 2.28. The Balaban J connectivity index is 1.59. The number of benzene rings is 2. The number of aromatic nitrogens is 2. The van der Waals surface area contributed by atoms with Crippen LogP contribution in [-0.4, -0.2) is 33.8 Å². The maximum Gasteiger partial charge on any atom is 0.342 e. The predicted octanol–water partition coefficient (Wildman–Crippen LogP) is 3.73. The van der Waals surface area contributed by atoms with Crippen LogP contribution in [0, 0.1) is 6.92 Å². The molecule has 1 aromatic heterocycles. The van der Waals surface area contributed by atoms with Gasteiger partial charge in [-0.05, 0) is 32.3 Å². The van der Waals surface area contributed by atoms with Crippen LogP contribution in [-0.2, 0) is 16.1 Å². The Kier molecular flexibility index (Phi) is 5.65. The first-order valence-electron chi connectivity index (χ1n) is 10.2. The Bertz CT molecular complexity index is 1040. The molecule has 4 rings (SSSR count). The minimum atomic E-state index is -0.860. The minimum Gasteiger partial charge on any atom is -0.449 e. The lowest BCUT2D eigenvalue weighted by Gasteiger charge is -2.13. The van der Waals surface area contributed by atoms with Gasteiger partial charge in [0.2, 0.25) is 0 Å². The van der Waals surface area contributed by atoms with Gasteiger partial charge < -0.3 is 10.1 Å². The average molecular weight is 403 g/mol. The van der Waals surface area contributed by atoms with E-state index in [1.807, 2.05) is 61.5 Å². The number of carbonyl (C=O) groups excluding carboxylic acids is 2. The van der Waals surface area contributed by atoms with Gasteiger partial charge in [-0.2, -0.15) is 5.10 Å². The summed E-state index contributed by atoms with van der Waals surface area (Å²) in [7, 11) is 0. The first kappa shape index (κ1) is 19.9. The molecule has 0 saturated heterocycles. The summed E-state index contributed by atoms with van der Waals surface area (Å²) in [5.74, 6) is -0.817. The van der Waals surface area contributed by atoms with E-state index in [1.165, 1.54) is 0 Å². The van der Waals surface area contributed by atoms with E-state index in [0.29, 0.717) is 17.8 Å². The van der Waals surface area contributed by atoms with Gasteiger partial charge in [0.1, 0.15) is 11.3 Å². The number of amides is 1. The van der Waals surface area contributed by atoms with Crippen molar-refractivity contribution in [3.8, 4) is 11.3 Å². The molecule has 1 N–H and O–H groups in total. The molecule has 1 amide bonds. The van der Waals surface area contributed by atoms with E-state index < -0.39 is 12.1 Å². The van der Waals surface area contributed by atoms with Gasteiger partial charge in [0.25, 0.3) is 5.91 Å². The Morgan fingerprint density at radius 3 is 2.50 bits per heavy atom. The van der Waals surface area contributed by atoms with Gasteiger partial charge in [-0.3, -0.25) is 9.48 Å². The van der Waals surface area contributed by atoms with Crippen LogP contribution in [0.1, 0.15) is 41.3 Å². The maximum atomic E-state index is 12.9. The molecule has 0 bridgehead atoms. The zero-order chi connectivity index (χ0) is 21.1. The Labute approximate surface area is 175 Å². The van der Waals surface area contributed by atoms with Crippen molar-refractivity contribution in [2.24, 2.45) is 0 Å². The molecule has 0 aliphatic heterocycles. The van der Waals surface area contributed by atoms with E-state index in [9.17, 15) is 9.59 Å². The third-order valence-electron chi connectivity index (χ3n) is 5.07. The van der Waals surface area contributed by atoms with Gasteiger partial charge in [0, 0.05) is 17.8 Å². The Morgan fingerprint density at radius 2 is 1.83 bits per heavy atom. The minimum absolute atomic E-state index is 0.218. The molecule has 6 heteroatoms. The zero-order valence-electron chi connectivity index (χ0n) is 17.2. The lowest BCUT2D eigenvalue weighted by Crippen LogP contribution is -2.37. The van der Waals surface area contributed by atoms with Crippen molar-refractivity contribution in [2.45, 2.75) is 45.4 Å². The monoisotopic (exact) mass is 403 g/mol. The maximum absolute atomic E-state index is 12.9. The Hall–Kier alpha value is -3.41. The van der Waals surface area contributed by atoms with E-state index in [4.69, 9.17) is 4.74 Å². The standard InChI is InChI=1S/C24H25N3O3/c1-16-8-10-19(11-9-16)22-21(15-27(26-22)14-18-6-4-3-5-7-18)24(29)30-17(2)23(28)25-20-12-13-20/h3-11,15,17,20H,12-14H2,1-2H3,(H,25,28)/t17-/m1/s1. The number of hydrogen-bond acceptors (Lipinski definition) is 4. The fraction of sp³-hybridized carbons (Fsp3) is 0.292. The molecular weight excluding hydrogens is 378 g/mol. The van der Waals surface area contributed by atoms with E-state index in [1.54, 1.807) is 17.8 Å². The summed E-state index contributed by atoms with van der Waals surface area (Å²) in [6.07, 6.45) is 2.80. The number of esters is 1. The van der Waals surface area contributed by atoms with Crippen LogP contribution in [0.3, 0.4) is 0 Å². The highest BCUT2D eigenvalue weighted by atomic mass is 16.5. The van der Waals surface area contributed by atoms with Crippen molar-refractivity contribution in [3.05, 3.63) is 77.5 Å². The lowest BCUT2D eigenvalue weighted by atomic mass is 10.1. The predicted molar refractivity (Wildman–Crippen MR) is 114 cm³/mol. The summed E-state index contributed by atoms with van der Waals surface area (Å²) in [6, 6.07) is 18.0. The summed E-state index contributed by atoms with van der Waals surface area (Å²) < 4.78 is 7.20. The van der Waals surface area contributed by atoms with Gasteiger partial charge in [-0.25, -0.2) is 4.79 Å². The van der Waals surface area contributed by atoms with Crippen molar-refractivity contribution in [1.29, 1.82) is 0 Å². The third kappa shape index (κ3) is 4.76. The third-order valence-corrected chi connectivity index (χ3v) is 5.07. The summed E-state index contributed by atoms with van der Waals surface area (Å²) >= 11 is 0. The molecule has 154 valence electrons. The molecular formula is C24H25N3O3. The molecule has 1 aliphatic rings. The Morgan fingerprint density at radius 1 is 1.13 bits per heavy atom. The fourth-order valence-electron chi connectivity index (χ4n) is 3.17. The van der Waals surface area contributed by atoms with Crippen LogP contribution in [0.25, 0.3) is 11.3 Å². The van der Waals surface area contributed by atoms with Crippen molar-refractivity contribution >= 4 is 11.9 Å². The molecule has 6 nitrogen and oxygen atoms in total. The van der Waals surface area contributed by atoms with Crippen molar-refractivity contribution in [3.63, 3.8) is 0 Å². The van der Waals surface area contributed by atoms with Gasteiger partial charge in [-0.15, -0.1) is 0 Å². The van der Waals surface area contributed by atoms with Gasteiger partial charge in [-0.1, -0.05) is 60.2 Å². The van der Waals surface area contributed by atoms with Crippen LogP contribution in [0.5, 0.6) is 0 Å². The lowest BCUT2D eigenvalue weighted by molar-refractivity contribution is -0.129. The molecule has 1 saturated carbocycles. The van der Waals surface area contributed by atoms with Crippen molar-refractivity contribution in [1.82, 2.24) is 15.1 Å². The zero-order valence-corrected chi connectivity index (χ0v) is 17.2. The first-order chi connectivity index (χ1) is 14.5. The van der Waals surface area contributed by atoms with Crippen LogP contribution in [0.15, 0.2) is 60.8 Å². The van der Waals surface area contributed by atoms with E-state index in [-0.39, 0.29) is 11.9 Å². The smallest absolute Gasteiger partial charge is 0.342 e. The second-order valence-electron chi connectivity index (χ2n) is 7.77. The second kappa shape index (κ2) is 8.53. The van der Waals surface area contributed by atoms with Crippen LogP contribution >= 0.6 is 0 Å². The van der Waals surface area contributed by atoms with Crippen LogP contribution in [0.2, 0.25) is 0 Å². The summed E-state index contributed by atoms with van der Waals surface area (Å²) in [4.78, 5) is 25.1. The quantitative estimate of drug-likeness (QED) is 0.610. The van der Waals surface area contributed by atoms with E-state index >= 15 is 0 Å². The largest absolute Gasteiger partial charge is 0.449 e. The number of rotatable bonds is 7. The first-order valence-corrected chi connectivity index (χ1v) is 10.2. The highest BCUT2D eigenvalue weighted by molar-refractivity contribution is 5.97. The van der Waals surface area contributed by atoms with Gasteiger partial charge >= 0.3 is 5.97 Å². The van der Waals surface area contributed by atoms with E-state index in [2.05, 4.69) is 10.4 Å². The molecule has 1 aliphatic carbocycles.